The second-order valence-electron chi connectivity index (χ2n) is 8.56. The van der Waals surface area contributed by atoms with E-state index >= 15 is 8.63 Å². The van der Waals surface area contributed by atoms with Crippen LogP contribution in [-0.2, 0) is 19.3 Å². The Labute approximate surface area is 187 Å². The summed E-state index contributed by atoms with van der Waals surface area (Å²) in [7, 11) is 0. The second kappa shape index (κ2) is 5.91. The van der Waals surface area contributed by atoms with Crippen molar-refractivity contribution in [3.63, 3.8) is 0 Å². The van der Waals surface area contributed by atoms with E-state index in [2.05, 4.69) is 0 Å². The van der Waals surface area contributed by atoms with E-state index in [1.807, 2.05) is 22.9 Å². The van der Waals surface area contributed by atoms with Gasteiger partial charge in [-0.1, -0.05) is 0 Å². The van der Waals surface area contributed by atoms with Crippen LogP contribution in [0.3, 0.4) is 0 Å². The SMILES string of the molecule is F[B-]1(F)n2c(cc3c2-c2sccc2CC3)C(C(F)(F)F)=C2C=C3CCc4ccsc4C3=[N+]21. The first-order chi connectivity index (χ1) is 15.3. The number of nitrogens with zero attached hydrogens (tertiary/aromatic N) is 2. The molecule has 0 atom stereocenters. The van der Waals surface area contributed by atoms with E-state index in [-0.39, 0.29) is 11.4 Å². The lowest BCUT2D eigenvalue weighted by Crippen LogP contribution is -2.52. The zero-order chi connectivity index (χ0) is 22.0. The van der Waals surface area contributed by atoms with E-state index in [0.29, 0.717) is 55.5 Å². The fourth-order valence-electron chi connectivity index (χ4n) is 5.63. The molecule has 3 aromatic heterocycles. The maximum Gasteiger partial charge on any atom is 0.738 e. The van der Waals surface area contributed by atoms with Crippen LogP contribution in [0.1, 0.15) is 33.7 Å². The summed E-state index contributed by atoms with van der Waals surface area (Å²) < 4.78 is 77.6. The normalized spacial score (nSPS) is 20.3. The van der Waals surface area contributed by atoms with Crippen molar-refractivity contribution in [3.8, 4) is 10.6 Å². The highest BCUT2D eigenvalue weighted by Crippen LogP contribution is 2.51. The smallest absolute Gasteiger partial charge is 0.389 e. The molecule has 7 rings (SSSR count). The molecule has 3 aromatic rings. The Morgan fingerprint density at radius 3 is 2.31 bits per heavy atom. The molecule has 162 valence electrons. The lowest BCUT2D eigenvalue weighted by molar-refractivity contribution is -0.362. The predicted octanol–water partition coefficient (Wildman–Crippen LogP) is 6.27. The summed E-state index contributed by atoms with van der Waals surface area (Å²) in [4.78, 5) is 1.31. The quantitative estimate of drug-likeness (QED) is 0.267. The molecule has 0 N–H and O–H groups in total. The highest BCUT2D eigenvalue weighted by atomic mass is 32.1. The first-order valence-electron chi connectivity index (χ1n) is 10.4. The summed E-state index contributed by atoms with van der Waals surface area (Å²) in [6, 6.07) is 5.11. The third-order valence-electron chi connectivity index (χ3n) is 6.90. The largest absolute Gasteiger partial charge is 0.738 e. The molecule has 0 saturated heterocycles. The second-order valence-corrected chi connectivity index (χ2v) is 10.4. The number of allylic oxidation sites excluding steroid dienone is 3. The van der Waals surface area contributed by atoms with Crippen molar-refractivity contribution in [1.82, 2.24) is 4.48 Å². The van der Waals surface area contributed by atoms with Gasteiger partial charge in [0.2, 0.25) is 0 Å². The summed E-state index contributed by atoms with van der Waals surface area (Å²) in [5.74, 6) is 0. The fraction of sp³-hybridized carbons (Fsp3) is 0.227. The van der Waals surface area contributed by atoms with E-state index in [1.165, 1.54) is 34.8 Å². The number of aromatic nitrogens is 1. The molecule has 0 spiro atoms. The average Bonchev–Trinajstić information content (AvgIpc) is 3.47. The maximum atomic E-state index is 16.4. The third kappa shape index (κ3) is 2.22. The minimum absolute atomic E-state index is 0.248. The Morgan fingerprint density at radius 1 is 0.906 bits per heavy atom. The monoisotopic (exact) mass is 476 g/mol. The summed E-state index contributed by atoms with van der Waals surface area (Å²) in [6.45, 7) is -4.52. The number of rotatable bonds is 0. The van der Waals surface area contributed by atoms with Crippen LogP contribution in [0.25, 0.3) is 16.1 Å². The van der Waals surface area contributed by atoms with E-state index < -0.39 is 30.1 Å². The number of hydrogen-bond donors (Lipinski definition) is 0. The van der Waals surface area contributed by atoms with Gasteiger partial charge in [0.15, 0.2) is 11.4 Å². The lowest BCUT2D eigenvalue weighted by atomic mass is 9.86. The number of aryl methyl sites for hydroxylation is 3. The van der Waals surface area contributed by atoms with Crippen molar-refractivity contribution >= 4 is 40.9 Å². The molecular weight excluding hydrogens is 462 g/mol. The third-order valence-corrected chi connectivity index (χ3v) is 8.83. The van der Waals surface area contributed by atoms with Crippen LogP contribution in [0.4, 0.5) is 21.8 Å². The molecular formula is C22H14BF5N2S2. The molecule has 0 amide bonds. The molecule has 5 heterocycles. The molecule has 0 bridgehead atoms. The Hall–Kier alpha value is -2.46. The standard InChI is InChI=1S/C22H14BF5N2S2/c24-22(25,26)17-15-9-13-3-1-11-5-7-31-20(11)18(13)29(15)23(27,28)30-16(17)10-14-4-2-12-6-8-32-21(12)19(14)30/h5-10H,1-4H2. The van der Waals surface area contributed by atoms with Gasteiger partial charge in [-0.05, 0) is 71.3 Å². The van der Waals surface area contributed by atoms with Crippen molar-refractivity contribution in [2.45, 2.75) is 31.9 Å². The van der Waals surface area contributed by atoms with Gasteiger partial charge in [-0.2, -0.15) is 13.2 Å². The fourth-order valence-corrected chi connectivity index (χ4v) is 7.70. The molecule has 4 aliphatic rings. The van der Waals surface area contributed by atoms with Crippen molar-refractivity contribution < 1.29 is 26.3 Å². The Morgan fingerprint density at radius 2 is 1.56 bits per heavy atom. The molecule has 0 unspecified atom stereocenters. The van der Waals surface area contributed by atoms with Crippen molar-refractivity contribution in [2.24, 2.45) is 0 Å². The van der Waals surface area contributed by atoms with Gasteiger partial charge < -0.3 is 17.6 Å². The summed E-state index contributed by atoms with van der Waals surface area (Å²) in [6.07, 6.45) is -1.20. The Bertz CT molecular complexity index is 1450. The van der Waals surface area contributed by atoms with Gasteiger partial charge in [-0.25, -0.2) is 0 Å². The van der Waals surface area contributed by atoms with Crippen molar-refractivity contribution in [1.29, 1.82) is 0 Å². The zero-order valence-corrected chi connectivity index (χ0v) is 18.1. The molecule has 0 radical (unpaired) electrons. The molecule has 2 aliphatic carbocycles. The predicted molar refractivity (Wildman–Crippen MR) is 117 cm³/mol. The van der Waals surface area contributed by atoms with Crippen LogP contribution in [0.5, 0.6) is 0 Å². The van der Waals surface area contributed by atoms with Gasteiger partial charge in [-0.15, -0.1) is 22.7 Å². The van der Waals surface area contributed by atoms with Crippen LogP contribution in [0.2, 0.25) is 0 Å². The molecule has 0 saturated carbocycles. The maximum absolute atomic E-state index is 16.4. The Balaban J connectivity index is 1.63. The molecule has 0 aromatic carbocycles. The molecule has 0 fully saturated rings. The van der Waals surface area contributed by atoms with Gasteiger partial charge in [0.1, 0.15) is 5.57 Å². The number of alkyl halides is 3. The number of fused-ring (bicyclic) bond motifs is 9. The summed E-state index contributed by atoms with van der Waals surface area (Å²) in [5.41, 5.74) is 1.67. The molecule has 32 heavy (non-hydrogen) atoms. The average molecular weight is 476 g/mol. The van der Waals surface area contributed by atoms with Crippen LogP contribution in [0, 0.1) is 0 Å². The minimum atomic E-state index is -4.76. The van der Waals surface area contributed by atoms with Gasteiger partial charge in [0.25, 0.3) is 0 Å². The Kier molecular flexibility index (Phi) is 3.52. The van der Waals surface area contributed by atoms with Crippen molar-refractivity contribution in [3.05, 3.63) is 73.6 Å². The molecule has 2 nitrogen and oxygen atoms in total. The van der Waals surface area contributed by atoms with Crippen LogP contribution in [-0.4, -0.2) is 27.8 Å². The van der Waals surface area contributed by atoms with Gasteiger partial charge in [-0.3, -0.25) is 0 Å². The highest BCUT2D eigenvalue weighted by Gasteiger charge is 2.60. The molecule has 10 heteroatoms. The van der Waals surface area contributed by atoms with Gasteiger partial charge >= 0.3 is 13.1 Å². The van der Waals surface area contributed by atoms with E-state index in [1.54, 1.807) is 0 Å². The summed E-state index contributed by atoms with van der Waals surface area (Å²) >= 11 is 2.63. The first kappa shape index (κ1) is 19.1. The number of hydrogen-bond acceptors (Lipinski definition) is 2. The van der Waals surface area contributed by atoms with E-state index in [9.17, 15) is 13.2 Å². The van der Waals surface area contributed by atoms with E-state index in [0.717, 1.165) is 11.1 Å². The van der Waals surface area contributed by atoms with Crippen LogP contribution < -0.4 is 0 Å². The highest BCUT2D eigenvalue weighted by molar-refractivity contribution is 7.14. The lowest BCUT2D eigenvalue weighted by Gasteiger charge is -2.34. The van der Waals surface area contributed by atoms with E-state index in [4.69, 9.17) is 0 Å². The molecule has 2 aliphatic heterocycles. The minimum Gasteiger partial charge on any atom is -0.389 e. The topological polar surface area (TPSA) is 7.94 Å². The summed E-state index contributed by atoms with van der Waals surface area (Å²) in [5, 5.41) is 3.64. The first-order valence-corrected chi connectivity index (χ1v) is 12.1. The van der Waals surface area contributed by atoms with Crippen LogP contribution in [0.15, 0.2) is 46.3 Å². The number of halogens is 5. The van der Waals surface area contributed by atoms with Crippen molar-refractivity contribution in [2.75, 3.05) is 0 Å². The van der Waals surface area contributed by atoms with Gasteiger partial charge in [0, 0.05) is 23.0 Å². The van der Waals surface area contributed by atoms with Crippen LogP contribution >= 0.6 is 22.7 Å². The van der Waals surface area contributed by atoms with Gasteiger partial charge in [0.05, 0.1) is 9.75 Å². The zero-order valence-electron chi connectivity index (χ0n) is 16.5. The number of thiophene rings is 2.